The van der Waals surface area contributed by atoms with Crippen molar-refractivity contribution in [3.63, 3.8) is 0 Å². The van der Waals surface area contributed by atoms with E-state index in [1.807, 2.05) is 11.4 Å². The molecule has 0 amide bonds. The highest BCUT2D eigenvalue weighted by atomic mass is 32.1. The Morgan fingerprint density at radius 3 is 2.75 bits per heavy atom. The molecule has 5 nitrogen and oxygen atoms in total. The number of hydrogen-bond donors (Lipinski definition) is 1. The van der Waals surface area contributed by atoms with Crippen LogP contribution >= 0.6 is 11.3 Å². The highest BCUT2D eigenvalue weighted by Crippen LogP contribution is 2.39. The quantitative estimate of drug-likeness (QED) is 0.878. The number of nitrogens with two attached hydrogens (primary N) is 1. The Morgan fingerprint density at radius 2 is 2.12 bits per heavy atom. The minimum absolute atomic E-state index is 0.119. The Bertz CT molecular complexity index is 510. The summed E-state index contributed by atoms with van der Waals surface area (Å²) < 4.78 is 1.90. The average Bonchev–Trinajstić information content (AvgIpc) is 2.88. The number of fused-ring (bicyclic) bond motifs is 1. The third-order valence-corrected chi connectivity index (χ3v) is 4.25. The molecule has 0 bridgehead atoms. The van der Waals surface area contributed by atoms with Crippen molar-refractivity contribution in [3.8, 4) is 0 Å². The Morgan fingerprint density at radius 1 is 1.38 bits per heavy atom. The Kier molecular flexibility index (Phi) is 2.22. The Balaban J connectivity index is 2.02. The summed E-state index contributed by atoms with van der Waals surface area (Å²) in [5, 5.41) is 14.0. The largest absolute Gasteiger partial charge is 0.327 e. The van der Waals surface area contributed by atoms with E-state index in [-0.39, 0.29) is 12.0 Å². The van der Waals surface area contributed by atoms with Crippen LogP contribution in [0.4, 0.5) is 0 Å². The molecular formula is C10H15N5S. The molecule has 0 radical (unpaired) electrons. The van der Waals surface area contributed by atoms with Gasteiger partial charge in [-0.2, -0.15) is 9.61 Å². The molecule has 1 saturated carbocycles. The fourth-order valence-electron chi connectivity index (χ4n) is 1.65. The first-order chi connectivity index (χ1) is 7.66. The first kappa shape index (κ1) is 10.2. The van der Waals surface area contributed by atoms with Gasteiger partial charge in [0, 0.05) is 17.9 Å². The van der Waals surface area contributed by atoms with Crippen LogP contribution in [0.25, 0.3) is 4.96 Å². The molecule has 2 N–H and O–H groups in total. The summed E-state index contributed by atoms with van der Waals surface area (Å²) in [6.45, 7) is 4.11. The van der Waals surface area contributed by atoms with Crippen molar-refractivity contribution >= 4 is 16.3 Å². The van der Waals surface area contributed by atoms with Gasteiger partial charge in [-0.05, 0) is 19.8 Å². The van der Waals surface area contributed by atoms with Gasteiger partial charge >= 0.3 is 0 Å². The van der Waals surface area contributed by atoms with Crippen molar-refractivity contribution in [2.24, 2.45) is 5.73 Å². The van der Waals surface area contributed by atoms with Gasteiger partial charge in [-0.15, -0.1) is 10.2 Å². The molecule has 2 aromatic heterocycles. The van der Waals surface area contributed by atoms with Crippen LogP contribution in [0.15, 0.2) is 0 Å². The molecule has 6 heteroatoms. The van der Waals surface area contributed by atoms with E-state index < -0.39 is 0 Å². The fraction of sp³-hybridized carbons (Fsp3) is 0.700. The lowest BCUT2D eigenvalue weighted by atomic mass is 10.1. The zero-order valence-electron chi connectivity index (χ0n) is 9.42. The van der Waals surface area contributed by atoms with Gasteiger partial charge in [0.25, 0.3) is 0 Å². The highest BCUT2D eigenvalue weighted by molar-refractivity contribution is 7.16. The molecule has 3 rings (SSSR count). The molecule has 2 atom stereocenters. The molecule has 1 aliphatic carbocycles. The van der Waals surface area contributed by atoms with Crippen LogP contribution in [-0.4, -0.2) is 25.9 Å². The predicted molar refractivity (Wildman–Crippen MR) is 62.7 cm³/mol. The summed E-state index contributed by atoms with van der Waals surface area (Å²) in [4.78, 5) is 0.893. The highest BCUT2D eigenvalue weighted by Gasteiger charge is 2.30. The van der Waals surface area contributed by atoms with E-state index >= 15 is 0 Å². The Hall–Kier alpha value is -1.01. The molecule has 1 aliphatic rings. The minimum atomic E-state index is 0.119. The van der Waals surface area contributed by atoms with Crippen molar-refractivity contribution in [2.45, 2.75) is 44.6 Å². The zero-order chi connectivity index (χ0) is 11.3. The van der Waals surface area contributed by atoms with Crippen LogP contribution in [0.1, 0.15) is 49.4 Å². The maximum absolute atomic E-state index is 5.89. The number of rotatable bonds is 3. The molecule has 2 unspecified atom stereocenters. The molecule has 0 aliphatic heterocycles. The van der Waals surface area contributed by atoms with E-state index in [4.69, 9.17) is 5.73 Å². The van der Waals surface area contributed by atoms with E-state index in [9.17, 15) is 0 Å². The summed E-state index contributed by atoms with van der Waals surface area (Å²) in [7, 11) is 0. The van der Waals surface area contributed by atoms with Gasteiger partial charge in [0.15, 0.2) is 5.82 Å². The topological polar surface area (TPSA) is 69.1 Å². The van der Waals surface area contributed by atoms with E-state index in [1.54, 1.807) is 11.3 Å². The van der Waals surface area contributed by atoms with E-state index in [2.05, 4.69) is 22.2 Å². The van der Waals surface area contributed by atoms with E-state index in [0.29, 0.717) is 5.92 Å². The monoisotopic (exact) mass is 237 g/mol. The molecule has 1 fully saturated rings. The molecule has 16 heavy (non-hydrogen) atoms. The fourth-order valence-corrected chi connectivity index (χ4v) is 2.66. The lowest BCUT2D eigenvalue weighted by Gasteiger charge is -2.10. The smallest absolute Gasteiger partial charge is 0.234 e. The summed E-state index contributed by atoms with van der Waals surface area (Å²) in [5.74, 6) is 1.88. The van der Waals surface area contributed by atoms with Crippen LogP contribution in [0.5, 0.6) is 0 Å². The van der Waals surface area contributed by atoms with Crippen molar-refractivity contribution < 1.29 is 0 Å². The molecule has 0 aromatic carbocycles. The second kappa shape index (κ2) is 3.49. The van der Waals surface area contributed by atoms with Gasteiger partial charge in [0.1, 0.15) is 5.01 Å². The first-order valence-corrected chi connectivity index (χ1v) is 6.46. The molecule has 2 heterocycles. The van der Waals surface area contributed by atoms with Crippen molar-refractivity contribution in [2.75, 3.05) is 0 Å². The SMILES string of the molecule is CC(N)C(C)c1nn2c(C3CC3)nnc2s1. The molecule has 0 spiro atoms. The minimum Gasteiger partial charge on any atom is -0.327 e. The number of nitrogens with zero attached hydrogens (tertiary/aromatic N) is 4. The second-order valence-electron chi connectivity index (χ2n) is 4.61. The lowest BCUT2D eigenvalue weighted by molar-refractivity contribution is 0.598. The number of aromatic nitrogens is 4. The van der Waals surface area contributed by atoms with Gasteiger partial charge in [0.2, 0.25) is 4.96 Å². The summed E-state index contributed by atoms with van der Waals surface area (Å²) in [6, 6.07) is 0.119. The van der Waals surface area contributed by atoms with Gasteiger partial charge < -0.3 is 5.73 Å². The van der Waals surface area contributed by atoms with Crippen molar-refractivity contribution in [3.05, 3.63) is 10.8 Å². The molecular weight excluding hydrogens is 222 g/mol. The van der Waals surface area contributed by atoms with Gasteiger partial charge in [-0.25, -0.2) is 0 Å². The van der Waals surface area contributed by atoms with Crippen LogP contribution in [-0.2, 0) is 0 Å². The maximum atomic E-state index is 5.89. The van der Waals surface area contributed by atoms with Gasteiger partial charge in [-0.3, -0.25) is 0 Å². The molecule has 0 saturated heterocycles. The standard InChI is InChI=1S/C10H15N5S/c1-5(6(2)11)9-14-15-8(7-3-4-7)12-13-10(15)16-9/h5-7H,3-4,11H2,1-2H3. The van der Waals surface area contributed by atoms with Crippen molar-refractivity contribution in [1.82, 2.24) is 19.8 Å². The third kappa shape index (κ3) is 1.53. The van der Waals surface area contributed by atoms with Crippen LogP contribution < -0.4 is 5.73 Å². The van der Waals surface area contributed by atoms with Crippen LogP contribution in [0.3, 0.4) is 0 Å². The average molecular weight is 237 g/mol. The van der Waals surface area contributed by atoms with Crippen LogP contribution in [0, 0.1) is 0 Å². The first-order valence-electron chi connectivity index (χ1n) is 5.64. The van der Waals surface area contributed by atoms with Crippen LogP contribution in [0.2, 0.25) is 0 Å². The zero-order valence-corrected chi connectivity index (χ0v) is 10.2. The molecule has 2 aromatic rings. The Labute approximate surface area is 97.7 Å². The summed E-state index contributed by atoms with van der Waals surface area (Å²) >= 11 is 1.60. The van der Waals surface area contributed by atoms with Crippen molar-refractivity contribution in [1.29, 1.82) is 0 Å². The summed E-state index contributed by atoms with van der Waals surface area (Å²) in [5.41, 5.74) is 5.89. The van der Waals surface area contributed by atoms with Gasteiger partial charge in [-0.1, -0.05) is 18.3 Å². The van der Waals surface area contributed by atoms with E-state index in [0.717, 1.165) is 15.8 Å². The number of hydrogen-bond acceptors (Lipinski definition) is 5. The predicted octanol–water partition coefficient (Wildman–Crippen LogP) is 1.51. The summed E-state index contributed by atoms with van der Waals surface area (Å²) in [6.07, 6.45) is 2.44. The lowest BCUT2D eigenvalue weighted by Crippen LogP contribution is -2.22. The normalized spacial score (nSPS) is 20.2. The third-order valence-electron chi connectivity index (χ3n) is 3.15. The molecule has 86 valence electrons. The van der Waals surface area contributed by atoms with Gasteiger partial charge in [0.05, 0.1) is 0 Å². The maximum Gasteiger partial charge on any atom is 0.234 e. The van der Waals surface area contributed by atoms with E-state index in [1.165, 1.54) is 12.8 Å². The second-order valence-corrected chi connectivity index (χ2v) is 5.60.